The fourth-order valence-corrected chi connectivity index (χ4v) is 2.39. The molecule has 0 aliphatic carbocycles. The fourth-order valence-electron chi connectivity index (χ4n) is 2.39. The van der Waals surface area contributed by atoms with Gasteiger partial charge in [-0.3, -0.25) is 4.99 Å². The van der Waals surface area contributed by atoms with Crippen LogP contribution in [0.3, 0.4) is 0 Å². The molecule has 0 amide bonds. The van der Waals surface area contributed by atoms with Crippen molar-refractivity contribution in [3.8, 4) is 0 Å². The van der Waals surface area contributed by atoms with Crippen molar-refractivity contribution >= 4 is 5.96 Å². The van der Waals surface area contributed by atoms with E-state index in [4.69, 9.17) is 14.0 Å². The molecule has 8 nitrogen and oxygen atoms in total. The maximum atomic E-state index is 5.68. The SMILES string of the molecule is CCNC(=NCCCOCC1CCOC1)NCCc1nc(C)no1. The average molecular weight is 339 g/mol. The Bertz CT molecular complexity index is 486. The lowest BCUT2D eigenvalue weighted by Crippen LogP contribution is -2.38. The van der Waals surface area contributed by atoms with Crippen LogP contribution in [-0.4, -0.2) is 62.2 Å². The van der Waals surface area contributed by atoms with Crippen LogP contribution in [0.25, 0.3) is 0 Å². The standard InChI is InChI=1S/C16H29N5O3/c1-3-17-16(19-8-5-15-20-13(2)21-24-15)18-7-4-9-22-11-14-6-10-23-12-14/h14H,3-12H2,1-2H3,(H2,17,18,19). The van der Waals surface area contributed by atoms with Gasteiger partial charge in [0.05, 0.1) is 13.2 Å². The Morgan fingerprint density at radius 1 is 1.42 bits per heavy atom. The molecule has 0 bridgehead atoms. The van der Waals surface area contributed by atoms with Crippen molar-refractivity contribution in [2.75, 3.05) is 46.1 Å². The van der Waals surface area contributed by atoms with Gasteiger partial charge in [0.1, 0.15) is 0 Å². The van der Waals surface area contributed by atoms with E-state index in [2.05, 4.69) is 25.8 Å². The van der Waals surface area contributed by atoms with E-state index >= 15 is 0 Å². The molecule has 1 fully saturated rings. The van der Waals surface area contributed by atoms with Crippen molar-refractivity contribution in [2.45, 2.75) is 33.1 Å². The zero-order valence-electron chi connectivity index (χ0n) is 14.7. The number of hydrogen-bond acceptors (Lipinski definition) is 6. The quantitative estimate of drug-likeness (QED) is 0.372. The maximum Gasteiger partial charge on any atom is 0.228 e. The molecule has 136 valence electrons. The molecule has 0 radical (unpaired) electrons. The summed E-state index contributed by atoms with van der Waals surface area (Å²) in [5.41, 5.74) is 0. The van der Waals surface area contributed by atoms with Crippen LogP contribution in [0.15, 0.2) is 9.52 Å². The Morgan fingerprint density at radius 3 is 3.04 bits per heavy atom. The highest BCUT2D eigenvalue weighted by Gasteiger charge is 2.15. The van der Waals surface area contributed by atoms with Crippen molar-refractivity contribution in [1.29, 1.82) is 0 Å². The summed E-state index contributed by atoms with van der Waals surface area (Å²) in [4.78, 5) is 8.72. The Hall–Kier alpha value is -1.67. The molecule has 1 aromatic heterocycles. The molecule has 1 aliphatic rings. The van der Waals surface area contributed by atoms with Crippen LogP contribution in [0, 0.1) is 12.8 Å². The predicted octanol–water partition coefficient (Wildman–Crippen LogP) is 0.919. The van der Waals surface area contributed by atoms with Crippen LogP contribution >= 0.6 is 0 Å². The van der Waals surface area contributed by atoms with Gasteiger partial charge in [0.25, 0.3) is 0 Å². The minimum atomic E-state index is 0.570. The first kappa shape index (κ1) is 18.7. The first-order valence-corrected chi connectivity index (χ1v) is 8.74. The molecule has 2 heterocycles. The van der Waals surface area contributed by atoms with Crippen LogP contribution < -0.4 is 10.6 Å². The second kappa shape index (κ2) is 11.0. The number of nitrogens with one attached hydrogen (secondary N) is 2. The van der Waals surface area contributed by atoms with E-state index in [1.807, 2.05) is 13.8 Å². The van der Waals surface area contributed by atoms with Crippen molar-refractivity contribution in [1.82, 2.24) is 20.8 Å². The summed E-state index contributed by atoms with van der Waals surface area (Å²) < 4.78 is 16.1. The molecule has 8 heteroatoms. The van der Waals surface area contributed by atoms with E-state index < -0.39 is 0 Å². The average Bonchev–Trinajstić information content (AvgIpc) is 3.22. The predicted molar refractivity (Wildman–Crippen MR) is 91.1 cm³/mol. The largest absolute Gasteiger partial charge is 0.381 e. The number of guanidine groups is 1. The Labute approximate surface area is 143 Å². The van der Waals surface area contributed by atoms with Gasteiger partial charge in [-0.05, 0) is 26.7 Å². The van der Waals surface area contributed by atoms with E-state index in [0.29, 0.717) is 30.6 Å². The van der Waals surface area contributed by atoms with Crippen LogP contribution in [0.2, 0.25) is 0 Å². The second-order valence-corrected chi connectivity index (χ2v) is 5.83. The first-order chi connectivity index (χ1) is 11.8. The van der Waals surface area contributed by atoms with Crippen LogP contribution in [0.4, 0.5) is 0 Å². The van der Waals surface area contributed by atoms with Gasteiger partial charge >= 0.3 is 0 Å². The van der Waals surface area contributed by atoms with Crippen molar-refractivity contribution in [2.24, 2.45) is 10.9 Å². The molecule has 1 saturated heterocycles. The lowest BCUT2D eigenvalue weighted by Gasteiger charge is -2.11. The number of aromatic nitrogens is 2. The highest BCUT2D eigenvalue weighted by molar-refractivity contribution is 5.79. The number of hydrogen-bond donors (Lipinski definition) is 2. The summed E-state index contributed by atoms with van der Waals surface area (Å²) in [7, 11) is 0. The summed E-state index contributed by atoms with van der Waals surface area (Å²) >= 11 is 0. The molecule has 1 aliphatic heterocycles. The second-order valence-electron chi connectivity index (χ2n) is 5.83. The van der Waals surface area contributed by atoms with Gasteiger partial charge in [-0.25, -0.2) is 0 Å². The van der Waals surface area contributed by atoms with Gasteiger partial charge < -0.3 is 24.6 Å². The molecule has 1 unspecified atom stereocenters. The van der Waals surface area contributed by atoms with E-state index in [0.717, 1.165) is 58.3 Å². The molecular weight excluding hydrogens is 310 g/mol. The third-order valence-electron chi connectivity index (χ3n) is 3.64. The molecule has 1 aromatic rings. The first-order valence-electron chi connectivity index (χ1n) is 8.74. The Balaban J connectivity index is 1.57. The number of nitrogens with zero attached hydrogens (tertiary/aromatic N) is 3. The van der Waals surface area contributed by atoms with Gasteiger partial charge in [0.2, 0.25) is 5.89 Å². The molecule has 0 aromatic carbocycles. The summed E-state index contributed by atoms with van der Waals surface area (Å²) in [6.45, 7) is 9.36. The minimum absolute atomic E-state index is 0.570. The van der Waals surface area contributed by atoms with Crippen LogP contribution in [0.5, 0.6) is 0 Å². The highest BCUT2D eigenvalue weighted by atomic mass is 16.5. The molecule has 0 spiro atoms. The highest BCUT2D eigenvalue weighted by Crippen LogP contribution is 2.12. The van der Waals surface area contributed by atoms with Gasteiger partial charge in [-0.2, -0.15) is 4.98 Å². The van der Waals surface area contributed by atoms with E-state index in [-0.39, 0.29) is 0 Å². The van der Waals surface area contributed by atoms with Gasteiger partial charge in [0.15, 0.2) is 11.8 Å². The van der Waals surface area contributed by atoms with Crippen LogP contribution in [0.1, 0.15) is 31.5 Å². The number of ether oxygens (including phenoxy) is 2. The number of aliphatic imine (C=N–C) groups is 1. The summed E-state index contributed by atoms with van der Waals surface area (Å²) in [6, 6.07) is 0. The third kappa shape index (κ3) is 7.27. The molecule has 1 atom stereocenters. The van der Waals surface area contributed by atoms with Crippen molar-refractivity contribution < 1.29 is 14.0 Å². The summed E-state index contributed by atoms with van der Waals surface area (Å²) in [5.74, 6) is 2.67. The Kier molecular flexibility index (Phi) is 8.54. The fraction of sp³-hybridized carbons (Fsp3) is 0.812. The number of rotatable bonds is 10. The van der Waals surface area contributed by atoms with E-state index in [9.17, 15) is 0 Å². The van der Waals surface area contributed by atoms with Crippen LogP contribution in [-0.2, 0) is 15.9 Å². The van der Waals surface area contributed by atoms with E-state index in [1.54, 1.807) is 0 Å². The van der Waals surface area contributed by atoms with E-state index in [1.165, 1.54) is 0 Å². The smallest absolute Gasteiger partial charge is 0.228 e. The van der Waals surface area contributed by atoms with Gasteiger partial charge in [-0.15, -0.1) is 0 Å². The summed E-state index contributed by atoms with van der Waals surface area (Å²) in [5, 5.41) is 10.3. The summed E-state index contributed by atoms with van der Waals surface area (Å²) in [6.07, 6.45) is 2.71. The Morgan fingerprint density at radius 2 is 2.33 bits per heavy atom. The zero-order valence-corrected chi connectivity index (χ0v) is 14.7. The van der Waals surface area contributed by atoms with Gasteiger partial charge in [0, 0.05) is 45.2 Å². The van der Waals surface area contributed by atoms with Crippen molar-refractivity contribution in [3.63, 3.8) is 0 Å². The molecular formula is C16H29N5O3. The third-order valence-corrected chi connectivity index (χ3v) is 3.64. The molecule has 0 saturated carbocycles. The lowest BCUT2D eigenvalue weighted by molar-refractivity contribution is 0.0893. The molecule has 2 N–H and O–H groups in total. The minimum Gasteiger partial charge on any atom is -0.381 e. The maximum absolute atomic E-state index is 5.68. The molecule has 24 heavy (non-hydrogen) atoms. The molecule has 2 rings (SSSR count). The number of aryl methyl sites for hydroxylation is 1. The lowest BCUT2D eigenvalue weighted by atomic mass is 10.1. The monoisotopic (exact) mass is 339 g/mol. The topological polar surface area (TPSA) is 93.8 Å². The zero-order chi connectivity index (χ0) is 17.0. The normalized spacial score (nSPS) is 18.1. The van der Waals surface area contributed by atoms with Gasteiger partial charge in [-0.1, -0.05) is 5.16 Å². The van der Waals surface area contributed by atoms with Crippen molar-refractivity contribution in [3.05, 3.63) is 11.7 Å².